The van der Waals surface area contributed by atoms with Crippen LogP contribution >= 0.6 is 0 Å². The maximum atomic E-state index is 13.3. The first kappa shape index (κ1) is 21.9. The van der Waals surface area contributed by atoms with Gasteiger partial charge in [0.25, 0.3) is 0 Å². The van der Waals surface area contributed by atoms with Gasteiger partial charge in [0.05, 0.1) is 11.5 Å². The lowest BCUT2D eigenvalue weighted by molar-refractivity contribution is -0.137. The summed E-state index contributed by atoms with van der Waals surface area (Å²) in [5.74, 6) is -1.66. The van der Waals surface area contributed by atoms with Crippen LogP contribution in [0.4, 0.5) is 18.9 Å². The van der Waals surface area contributed by atoms with Gasteiger partial charge >= 0.3 is 6.18 Å². The average molecular weight is 445 g/mol. The van der Waals surface area contributed by atoms with Gasteiger partial charge in [-0.15, -0.1) is 0 Å². The number of hydrogen-bond acceptors (Lipinski definition) is 3. The zero-order chi connectivity index (χ0) is 23.0. The molecule has 32 heavy (non-hydrogen) atoms. The highest BCUT2D eigenvalue weighted by atomic mass is 19.4. The van der Waals surface area contributed by atoms with Gasteiger partial charge < -0.3 is 15.5 Å². The van der Waals surface area contributed by atoms with E-state index >= 15 is 0 Å². The molecule has 0 aliphatic carbocycles. The molecule has 0 bridgehead atoms. The summed E-state index contributed by atoms with van der Waals surface area (Å²) in [7, 11) is 0. The fourth-order valence-corrected chi connectivity index (χ4v) is 4.46. The Kier molecular flexibility index (Phi) is 5.66. The van der Waals surface area contributed by atoms with Gasteiger partial charge in [-0.05, 0) is 48.2 Å². The smallest absolute Gasteiger partial charge is 0.366 e. The molecule has 6 nitrogen and oxygen atoms in total. The topological polar surface area (TPSA) is 83.7 Å². The molecular weight excluding hydrogens is 423 g/mol. The third-order valence-electron chi connectivity index (χ3n) is 5.97. The number of hydrogen-bond donors (Lipinski definition) is 1. The van der Waals surface area contributed by atoms with Crippen molar-refractivity contribution in [3.05, 3.63) is 64.7 Å². The summed E-state index contributed by atoms with van der Waals surface area (Å²) in [6, 6.07) is 9.90. The molecule has 2 N–H and O–H groups in total. The second-order valence-electron chi connectivity index (χ2n) is 8.13. The zero-order valence-electron chi connectivity index (χ0n) is 17.2. The monoisotopic (exact) mass is 445 g/mol. The number of carbonyl (C=O) groups excluding carboxylic acids is 3. The Balaban J connectivity index is 1.50. The van der Waals surface area contributed by atoms with Gasteiger partial charge in [-0.2, -0.15) is 13.2 Å². The quantitative estimate of drug-likeness (QED) is 0.785. The molecule has 0 aromatic heterocycles. The van der Waals surface area contributed by atoms with Crippen molar-refractivity contribution in [2.24, 2.45) is 11.7 Å². The highest BCUT2D eigenvalue weighted by Crippen LogP contribution is 2.33. The number of primary amides is 1. The Hall–Kier alpha value is -3.36. The minimum atomic E-state index is -4.46. The number of likely N-dealkylation sites (tertiary alicyclic amines) is 1. The number of nitrogens with zero attached hydrogens (tertiary/aromatic N) is 2. The Labute approximate surface area is 182 Å². The molecule has 0 saturated carbocycles. The average Bonchev–Trinajstić information content (AvgIpc) is 3.12. The number of fused-ring (bicyclic) bond motifs is 1. The Morgan fingerprint density at radius 1 is 1.12 bits per heavy atom. The lowest BCUT2D eigenvalue weighted by Gasteiger charge is -2.32. The molecule has 1 fully saturated rings. The van der Waals surface area contributed by atoms with E-state index in [9.17, 15) is 27.6 Å². The van der Waals surface area contributed by atoms with Gasteiger partial charge in [-0.3, -0.25) is 14.4 Å². The van der Waals surface area contributed by atoms with E-state index in [4.69, 9.17) is 5.73 Å². The van der Waals surface area contributed by atoms with Crippen LogP contribution in [0.1, 0.15) is 39.9 Å². The van der Waals surface area contributed by atoms with Crippen molar-refractivity contribution in [1.82, 2.24) is 4.90 Å². The second kappa shape index (κ2) is 8.29. The van der Waals surface area contributed by atoms with Crippen LogP contribution in [-0.2, 0) is 28.7 Å². The van der Waals surface area contributed by atoms with Crippen molar-refractivity contribution in [2.45, 2.75) is 32.0 Å². The molecule has 168 valence electrons. The minimum absolute atomic E-state index is 0.000855. The van der Waals surface area contributed by atoms with Crippen LogP contribution < -0.4 is 10.6 Å². The Morgan fingerprint density at radius 3 is 2.59 bits per heavy atom. The number of anilines is 1. The van der Waals surface area contributed by atoms with E-state index in [2.05, 4.69) is 0 Å². The Bertz CT molecular complexity index is 1080. The number of amides is 3. The Morgan fingerprint density at radius 2 is 1.88 bits per heavy atom. The van der Waals surface area contributed by atoms with Crippen molar-refractivity contribution in [2.75, 3.05) is 18.0 Å². The van der Waals surface area contributed by atoms with Gasteiger partial charge in [0.2, 0.25) is 17.7 Å². The van der Waals surface area contributed by atoms with Crippen LogP contribution in [0.2, 0.25) is 0 Å². The first-order chi connectivity index (χ1) is 15.1. The van der Waals surface area contributed by atoms with Crippen LogP contribution in [0.15, 0.2) is 42.5 Å². The predicted octanol–water partition coefficient (Wildman–Crippen LogP) is 3.13. The highest BCUT2D eigenvalue weighted by molar-refractivity contribution is 6.02. The van der Waals surface area contributed by atoms with Crippen LogP contribution in [0.3, 0.4) is 0 Å². The molecule has 1 atom stereocenters. The molecule has 0 spiro atoms. The molecule has 1 unspecified atom stereocenters. The van der Waals surface area contributed by atoms with Crippen LogP contribution in [-0.4, -0.2) is 35.7 Å². The normalized spacial score (nSPS) is 18.6. The van der Waals surface area contributed by atoms with Gasteiger partial charge in [-0.25, -0.2) is 0 Å². The molecule has 1 saturated heterocycles. The zero-order valence-corrected chi connectivity index (χ0v) is 17.2. The van der Waals surface area contributed by atoms with Gasteiger partial charge in [0, 0.05) is 37.3 Å². The van der Waals surface area contributed by atoms with Gasteiger partial charge in [-0.1, -0.05) is 18.2 Å². The first-order valence-corrected chi connectivity index (χ1v) is 10.3. The first-order valence-electron chi connectivity index (χ1n) is 10.3. The molecule has 2 aromatic carbocycles. The SMILES string of the molecule is NC(=O)c1cccc2c1CCCN2C(=O)C1CC(=O)N(Cc2cccc(C(F)(F)F)c2)C1. The van der Waals surface area contributed by atoms with E-state index in [0.717, 1.165) is 17.7 Å². The standard InChI is InChI=1S/C23H22F3N3O3/c24-23(25,26)16-5-1-4-14(10-16)12-28-13-15(11-20(28)30)22(32)29-9-3-7-17-18(21(27)31)6-2-8-19(17)29/h1-2,4-6,8,10,15H,3,7,9,11-13H2,(H2,27,31). The van der Waals surface area contributed by atoms with Crippen molar-refractivity contribution in [1.29, 1.82) is 0 Å². The molecule has 2 aromatic rings. The molecule has 2 aliphatic heterocycles. The maximum Gasteiger partial charge on any atom is 0.416 e. The van der Waals surface area contributed by atoms with Crippen molar-refractivity contribution < 1.29 is 27.6 Å². The molecule has 9 heteroatoms. The van der Waals surface area contributed by atoms with Gasteiger partial charge in [0.1, 0.15) is 0 Å². The summed E-state index contributed by atoms with van der Waals surface area (Å²) in [5.41, 5.74) is 6.78. The van der Waals surface area contributed by atoms with E-state index in [-0.39, 0.29) is 31.3 Å². The van der Waals surface area contributed by atoms with Crippen LogP contribution in [0.5, 0.6) is 0 Å². The summed E-state index contributed by atoms with van der Waals surface area (Å²) >= 11 is 0. The number of alkyl halides is 3. The van der Waals surface area contributed by atoms with E-state index in [1.807, 2.05) is 0 Å². The second-order valence-corrected chi connectivity index (χ2v) is 8.13. The summed E-state index contributed by atoms with van der Waals surface area (Å²) in [6.07, 6.45) is -3.17. The molecular formula is C23H22F3N3O3. The van der Waals surface area contributed by atoms with Crippen LogP contribution in [0, 0.1) is 5.92 Å². The maximum absolute atomic E-state index is 13.3. The lowest BCUT2D eigenvalue weighted by atomic mass is 9.94. The van der Waals surface area contributed by atoms with E-state index in [0.29, 0.717) is 36.2 Å². The molecule has 2 aliphatic rings. The van der Waals surface area contributed by atoms with E-state index in [1.54, 1.807) is 23.1 Å². The van der Waals surface area contributed by atoms with E-state index in [1.165, 1.54) is 17.0 Å². The summed E-state index contributed by atoms with van der Waals surface area (Å²) in [4.78, 5) is 40.5. The number of halogens is 3. The molecule has 0 radical (unpaired) electrons. The largest absolute Gasteiger partial charge is 0.416 e. The fraction of sp³-hybridized carbons (Fsp3) is 0.348. The van der Waals surface area contributed by atoms with Gasteiger partial charge in [0.15, 0.2) is 0 Å². The highest BCUT2D eigenvalue weighted by Gasteiger charge is 2.38. The summed E-state index contributed by atoms with van der Waals surface area (Å²) in [6.45, 7) is 0.608. The summed E-state index contributed by atoms with van der Waals surface area (Å²) in [5, 5.41) is 0. The van der Waals surface area contributed by atoms with Crippen LogP contribution in [0.25, 0.3) is 0 Å². The van der Waals surface area contributed by atoms with E-state index < -0.39 is 23.6 Å². The number of benzene rings is 2. The minimum Gasteiger partial charge on any atom is -0.366 e. The van der Waals surface area contributed by atoms with Crippen molar-refractivity contribution in [3.63, 3.8) is 0 Å². The molecule has 4 rings (SSSR count). The van der Waals surface area contributed by atoms with Crippen molar-refractivity contribution >= 4 is 23.4 Å². The summed E-state index contributed by atoms with van der Waals surface area (Å²) < 4.78 is 38.9. The number of rotatable bonds is 4. The lowest BCUT2D eigenvalue weighted by Crippen LogP contribution is -2.41. The predicted molar refractivity (Wildman–Crippen MR) is 111 cm³/mol. The third kappa shape index (κ3) is 4.19. The molecule has 3 amide bonds. The molecule has 2 heterocycles. The fourth-order valence-electron chi connectivity index (χ4n) is 4.46. The van der Waals surface area contributed by atoms with Crippen molar-refractivity contribution in [3.8, 4) is 0 Å². The number of nitrogens with two attached hydrogens (primary N) is 1. The third-order valence-corrected chi connectivity index (χ3v) is 5.97. The number of carbonyl (C=O) groups is 3.